The van der Waals surface area contributed by atoms with Gasteiger partial charge in [-0.1, -0.05) is 11.6 Å². The minimum absolute atomic E-state index is 0.0132. The Balaban J connectivity index is 2.15. The first-order chi connectivity index (χ1) is 11.5. The van der Waals surface area contributed by atoms with Gasteiger partial charge in [-0.25, -0.2) is 4.98 Å². The normalized spacial score (nSPS) is 11.2. The molecule has 0 saturated heterocycles. The molecule has 0 atom stereocenters. The zero-order valence-corrected chi connectivity index (χ0v) is 13.6. The number of ether oxygens (including phenoxy) is 1. The van der Waals surface area contributed by atoms with E-state index in [1.54, 1.807) is 31.2 Å². The van der Waals surface area contributed by atoms with Crippen LogP contribution in [-0.2, 0) is 16.0 Å². The van der Waals surface area contributed by atoms with E-state index in [1.807, 2.05) is 0 Å². The molecule has 1 heterocycles. The lowest BCUT2D eigenvalue weighted by Crippen LogP contribution is -2.22. The Bertz CT molecular complexity index is 802. The van der Waals surface area contributed by atoms with E-state index in [9.17, 15) is 9.59 Å². The first-order valence-electron chi connectivity index (χ1n) is 7.09. The van der Waals surface area contributed by atoms with E-state index in [0.717, 1.165) is 0 Å². The Morgan fingerprint density at radius 3 is 2.79 bits per heavy atom. The molecule has 24 heavy (non-hydrogen) atoms. The van der Waals surface area contributed by atoms with Crippen molar-refractivity contribution >= 4 is 35.2 Å². The number of anilines is 1. The Hall–Kier alpha value is -2.87. The van der Waals surface area contributed by atoms with Crippen molar-refractivity contribution < 1.29 is 9.53 Å². The Morgan fingerprint density at radius 1 is 1.42 bits per heavy atom. The molecule has 4 N–H and O–H groups in total. The summed E-state index contributed by atoms with van der Waals surface area (Å²) < 4.78 is 4.82. The number of aromatic amines is 1. The second kappa shape index (κ2) is 8.11. The van der Waals surface area contributed by atoms with Crippen molar-refractivity contribution in [2.45, 2.75) is 13.3 Å². The van der Waals surface area contributed by atoms with Crippen LogP contribution >= 0.6 is 11.6 Å². The second-order valence-electron chi connectivity index (χ2n) is 4.67. The van der Waals surface area contributed by atoms with Gasteiger partial charge in [-0.2, -0.15) is 4.99 Å². The first kappa shape index (κ1) is 17.5. The van der Waals surface area contributed by atoms with E-state index in [-0.39, 0.29) is 30.6 Å². The van der Waals surface area contributed by atoms with Crippen LogP contribution in [0.4, 0.5) is 11.6 Å². The summed E-state index contributed by atoms with van der Waals surface area (Å²) in [6.45, 7) is 1.95. The van der Waals surface area contributed by atoms with Crippen LogP contribution in [0.3, 0.4) is 0 Å². The molecule has 8 nitrogen and oxygen atoms in total. The smallest absolute Gasteiger partial charge is 0.311 e. The summed E-state index contributed by atoms with van der Waals surface area (Å²) in [5.41, 5.74) is 6.25. The molecular formula is C15H16ClN5O3. The number of H-pyrrole nitrogens is 1. The van der Waals surface area contributed by atoms with Gasteiger partial charge in [0.1, 0.15) is 0 Å². The van der Waals surface area contributed by atoms with Crippen molar-refractivity contribution in [2.75, 3.05) is 11.9 Å². The summed E-state index contributed by atoms with van der Waals surface area (Å²) in [7, 11) is 0. The molecule has 1 aromatic heterocycles. The van der Waals surface area contributed by atoms with Gasteiger partial charge in [0.25, 0.3) is 5.56 Å². The Labute approximate surface area is 142 Å². The molecule has 0 fully saturated rings. The first-order valence-corrected chi connectivity index (χ1v) is 7.46. The SMILES string of the molecule is CCOC(=O)Cc1cc(=O)[nH]c(N=C(N)Nc2ccc(Cl)cc2)n1. The van der Waals surface area contributed by atoms with Gasteiger partial charge < -0.3 is 15.8 Å². The second-order valence-corrected chi connectivity index (χ2v) is 5.11. The maximum Gasteiger partial charge on any atom is 0.311 e. The molecule has 126 valence electrons. The predicted octanol–water partition coefficient (Wildman–Crippen LogP) is 1.59. The summed E-state index contributed by atoms with van der Waals surface area (Å²) >= 11 is 5.80. The molecule has 0 radical (unpaired) electrons. The van der Waals surface area contributed by atoms with Gasteiger partial charge in [-0.3, -0.25) is 14.6 Å². The summed E-state index contributed by atoms with van der Waals surface area (Å²) in [5.74, 6) is -0.465. The topological polar surface area (TPSA) is 122 Å². The van der Waals surface area contributed by atoms with E-state index < -0.39 is 11.5 Å². The van der Waals surface area contributed by atoms with Crippen LogP contribution in [0.1, 0.15) is 12.6 Å². The molecule has 0 unspecified atom stereocenters. The van der Waals surface area contributed by atoms with Crippen LogP contribution in [0.2, 0.25) is 5.02 Å². The fraction of sp³-hybridized carbons (Fsp3) is 0.200. The van der Waals surface area contributed by atoms with Crippen molar-refractivity contribution in [3.63, 3.8) is 0 Å². The number of hydrogen-bond acceptors (Lipinski definition) is 5. The zero-order valence-electron chi connectivity index (χ0n) is 12.9. The van der Waals surface area contributed by atoms with E-state index in [0.29, 0.717) is 10.7 Å². The number of benzene rings is 1. The van der Waals surface area contributed by atoms with Gasteiger partial charge in [-0.05, 0) is 31.2 Å². The minimum Gasteiger partial charge on any atom is -0.466 e. The summed E-state index contributed by atoms with van der Waals surface area (Å²) in [5, 5.41) is 3.42. The fourth-order valence-electron chi connectivity index (χ4n) is 1.82. The van der Waals surface area contributed by atoms with Gasteiger partial charge in [0.15, 0.2) is 0 Å². The lowest BCUT2D eigenvalue weighted by Gasteiger charge is -2.06. The molecule has 0 bridgehead atoms. The number of aromatic nitrogens is 2. The Kier molecular flexibility index (Phi) is 5.91. The van der Waals surface area contributed by atoms with Crippen LogP contribution < -0.4 is 16.6 Å². The van der Waals surface area contributed by atoms with Gasteiger partial charge in [-0.15, -0.1) is 0 Å². The molecule has 2 rings (SSSR count). The van der Waals surface area contributed by atoms with E-state index >= 15 is 0 Å². The fourth-order valence-corrected chi connectivity index (χ4v) is 1.95. The number of nitrogens with one attached hydrogen (secondary N) is 2. The number of carbonyl (C=O) groups excluding carboxylic acids is 1. The van der Waals surface area contributed by atoms with E-state index in [4.69, 9.17) is 22.1 Å². The third-order valence-electron chi connectivity index (χ3n) is 2.76. The molecule has 0 aliphatic heterocycles. The number of carbonyl (C=O) groups is 1. The highest BCUT2D eigenvalue weighted by Crippen LogP contribution is 2.13. The van der Waals surface area contributed by atoms with Gasteiger partial charge >= 0.3 is 5.97 Å². The zero-order chi connectivity index (χ0) is 17.5. The number of halogens is 1. The summed E-state index contributed by atoms with van der Waals surface area (Å²) in [6, 6.07) is 8.03. The summed E-state index contributed by atoms with van der Waals surface area (Å²) in [6.07, 6.45) is -0.120. The molecule has 9 heteroatoms. The third kappa shape index (κ3) is 5.40. The highest BCUT2D eigenvalue weighted by atomic mass is 35.5. The number of guanidine groups is 1. The van der Waals surface area contributed by atoms with Crippen molar-refractivity contribution in [1.29, 1.82) is 0 Å². The molecule has 0 saturated carbocycles. The molecule has 0 aliphatic carbocycles. The van der Waals surface area contributed by atoms with Crippen molar-refractivity contribution in [3.8, 4) is 0 Å². The van der Waals surface area contributed by atoms with E-state index in [2.05, 4.69) is 20.3 Å². The molecule has 2 aromatic rings. The monoisotopic (exact) mass is 349 g/mol. The highest BCUT2D eigenvalue weighted by molar-refractivity contribution is 6.30. The molecule has 0 aliphatic rings. The minimum atomic E-state index is -0.474. The van der Waals surface area contributed by atoms with Gasteiger partial charge in [0, 0.05) is 16.8 Å². The van der Waals surface area contributed by atoms with Crippen molar-refractivity contribution in [1.82, 2.24) is 9.97 Å². The van der Waals surface area contributed by atoms with Crippen LogP contribution in [0.25, 0.3) is 0 Å². The average Bonchev–Trinajstić information content (AvgIpc) is 2.49. The third-order valence-corrected chi connectivity index (χ3v) is 3.01. The Morgan fingerprint density at radius 2 is 2.12 bits per heavy atom. The summed E-state index contributed by atoms with van der Waals surface area (Å²) in [4.78, 5) is 33.6. The number of esters is 1. The molecule has 0 amide bonds. The maximum atomic E-state index is 11.6. The predicted molar refractivity (Wildman–Crippen MR) is 91.6 cm³/mol. The molecule has 0 spiro atoms. The quantitative estimate of drug-likeness (QED) is 0.428. The largest absolute Gasteiger partial charge is 0.466 e. The molecular weight excluding hydrogens is 334 g/mol. The lowest BCUT2D eigenvalue weighted by atomic mass is 10.3. The average molecular weight is 350 g/mol. The van der Waals surface area contributed by atoms with Gasteiger partial charge in [0.2, 0.25) is 11.9 Å². The van der Waals surface area contributed by atoms with Crippen molar-refractivity contribution in [2.24, 2.45) is 10.7 Å². The van der Waals surface area contributed by atoms with E-state index in [1.165, 1.54) is 6.07 Å². The number of hydrogen-bond donors (Lipinski definition) is 3. The van der Waals surface area contributed by atoms with Crippen LogP contribution in [-0.4, -0.2) is 28.5 Å². The van der Waals surface area contributed by atoms with Gasteiger partial charge in [0.05, 0.1) is 18.7 Å². The van der Waals surface area contributed by atoms with Crippen LogP contribution in [0.15, 0.2) is 40.1 Å². The number of rotatable bonds is 5. The van der Waals surface area contributed by atoms with Crippen LogP contribution in [0, 0.1) is 0 Å². The standard InChI is InChI=1S/C15H16ClN5O3/c1-2-24-13(23)8-11-7-12(22)20-15(19-11)21-14(17)18-10-5-3-9(16)4-6-10/h3-7H,2,8H2,1H3,(H4,17,18,19,20,21,22). The number of nitrogens with two attached hydrogens (primary N) is 1. The molecule has 1 aromatic carbocycles. The number of nitrogens with zero attached hydrogens (tertiary/aromatic N) is 2. The van der Waals surface area contributed by atoms with Crippen LogP contribution in [0.5, 0.6) is 0 Å². The maximum absolute atomic E-state index is 11.6. The van der Waals surface area contributed by atoms with Crippen molar-refractivity contribution in [3.05, 3.63) is 51.4 Å². The lowest BCUT2D eigenvalue weighted by molar-refractivity contribution is -0.142. The highest BCUT2D eigenvalue weighted by Gasteiger charge is 2.08. The number of aliphatic imine (C=N–C) groups is 1.